The Kier molecular flexibility index (Phi) is 20.0. The molecule has 0 saturated heterocycles. The van der Waals surface area contributed by atoms with Crippen LogP contribution in [0.4, 0.5) is 0 Å². The van der Waals surface area contributed by atoms with Gasteiger partial charge in [0.25, 0.3) is 0 Å². The van der Waals surface area contributed by atoms with Crippen LogP contribution in [0.1, 0.15) is 99.3 Å². The van der Waals surface area contributed by atoms with Crippen LogP contribution in [0, 0.1) is 0 Å². The zero-order valence-corrected chi connectivity index (χ0v) is 23.5. The molecule has 0 atom stereocenters. The second kappa shape index (κ2) is 19.9. The van der Waals surface area contributed by atoms with Gasteiger partial charge in [0.05, 0.1) is 9.52 Å². The largest absolute Gasteiger partial charge is 0.500 e. The van der Waals surface area contributed by atoms with E-state index in [0.717, 1.165) is 77.6 Å². The highest BCUT2D eigenvalue weighted by molar-refractivity contribution is 6.60. The molecular weight excluding hydrogens is 412 g/mol. The average Bonchev–Trinajstić information content (AvgIpc) is 2.76. The van der Waals surface area contributed by atoms with Gasteiger partial charge in [-0.25, -0.2) is 0 Å². The molecule has 0 aliphatic rings. The summed E-state index contributed by atoms with van der Waals surface area (Å²) >= 11 is 0. The van der Waals surface area contributed by atoms with Crippen molar-refractivity contribution in [2.75, 3.05) is 33.0 Å². The number of hydrogen-bond donors (Lipinski definition) is 0. The summed E-state index contributed by atoms with van der Waals surface area (Å²) in [6, 6.07) is 2.22. The molecule has 182 valence electrons. The smallest absolute Gasteiger partial charge is 0.373 e. The van der Waals surface area contributed by atoms with Crippen LogP contribution < -0.4 is 0 Å². The minimum Gasteiger partial charge on any atom is -0.373 e. The van der Waals surface area contributed by atoms with E-state index in [4.69, 9.17) is 22.8 Å². The molecule has 0 amide bonds. The average molecular weight is 465 g/mol. The first kappa shape index (κ1) is 30.2. The third-order valence-electron chi connectivity index (χ3n) is 4.92. The molecule has 0 aromatic heterocycles. The fourth-order valence-electron chi connectivity index (χ4n) is 3.25. The first-order valence-corrected chi connectivity index (χ1v) is 16.3. The highest BCUT2D eigenvalue weighted by Crippen LogP contribution is 2.22. The minimum atomic E-state index is -2.52. The molecule has 0 radical (unpaired) electrons. The monoisotopic (exact) mass is 464 g/mol. The molecule has 5 nitrogen and oxygen atoms in total. The molecule has 0 saturated carbocycles. The summed E-state index contributed by atoms with van der Waals surface area (Å²) in [5.74, 6) is 0. The van der Waals surface area contributed by atoms with Gasteiger partial charge in [-0.1, -0.05) is 59.9 Å². The van der Waals surface area contributed by atoms with E-state index >= 15 is 0 Å². The van der Waals surface area contributed by atoms with Gasteiger partial charge in [0.2, 0.25) is 0 Å². The lowest BCUT2D eigenvalue weighted by Gasteiger charge is -2.30. The van der Waals surface area contributed by atoms with Crippen LogP contribution in [-0.4, -0.2) is 56.8 Å². The summed E-state index contributed by atoms with van der Waals surface area (Å²) in [4.78, 5) is 0. The normalized spacial score (nSPS) is 13.0. The van der Waals surface area contributed by atoms with E-state index in [1.807, 2.05) is 0 Å². The lowest BCUT2D eigenvalue weighted by Crippen LogP contribution is -2.46. The van der Waals surface area contributed by atoms with Crippen LogP contribution in [0.25, 0.3) is 0 Å². The molecule has 0 N–H and O–H groups in total. The van der Waals surface area contributed by atoms with E-state index < -0.39 is 18.3 Å². The Morgan fingerprint density at radius 1 is 0.600 bits per heavy atom. The lowest BCUT2D eigenvalue weighted by atomic mass is 10.2. The first-order chi connectivity index (χ1) is 14.5. The molecule has 0 heterocycles. The summed E-state index contributed by atoms with van der Waals surface area (Å²) < 4.78 is 30.7. The Morgan fingerprint density at radius 3 is 1.47 bits per heavy atom. The summed E-state index contributed by atoms with van der Waals surface area (Å²) in [7, 11) is -2.94. The molecule has 0 aliphatic carbocycles. The molecule has 30 heavy (non-hydrogen) atoms. The van der Waals surface area contributed by atoms with E-state index in [0.29, 0.717) is 0 Å². The van der Waals surface area contributed by atoms with Crippen LogP contribution in [-0.2, 0) is 22.8 Å². The van der Waals surface area contributed by atoms with Gasteiger partial charge < -0.3 is 22.8 Å². The van der Waals surface area contributed by atoms with Crippen molar-refractivity contribution in [3.63, 3.8) is 0 Å². The van der Waals surface area contributed by atoms with Gasteiger partial charge in [0.1, 0.15) is 5.41 Å². The summed E-state index contributed by atoms with van der Waals surface area (Å²) in [5.41, 5.74) is -0.288. The van der Waals surface area contributed by atoms with Crippen molar-refractivity contribution in [2.45, 2.75) is 117 Å². The Morgan fingerprint density at radius 2 is 1.03 bits per heavy atom. The maximum Gasteiger partial charge on any atom is 0.500 e. The van der Waals surface area contributed by atoms with Crippen LogP contribution in [0.15, 0.2) is 0 Å². The Labute approximate surface area is 191 Å². The Balaban J connectivity index is 4.34. The maximum absolute atomic E-state index is 6.20. The molecule has 0 unspecified atom stereocenters. The molecule has 0 fully saturated rings. The van der Waals surface area contributed by atoms with Crippen molar-refractivity contribution in [1.29, 1.82) is 0 Å². The van der Waals surface area contributed by atoms with Crippen molar-refractivity contribution < 1.29 is 22.8 Å². The molecule has 7 heteroatoms. The fraction of sp³-hybridized carbons (Fsp3) is 1.00. The molecular formula is C23H52O5Si2. The third kappa shape index (κ3) is 15.1. The maximum atomic E-state index is 6.20. The molecule has 0 bridgehead atoms. The SMILES string of the molecule is CCCOC(C)(OCCC)[SiH2]CCCCCC[Si](OCCC)(OCCC)OCCC. The minimum absolute atomic E-state index is 0.288. The zero-order chi connectivity index (χ0) is 22.6. The summed E-state index contributed by atoms with van der Waals surface area (Å²) in [6.45, 7) is 16.7. The highest BCUT2D eigenvalue weighted by atomic mass is 28.4. The van der Waals surface area contributed by atoms with Gasteiger partial charge >= 0.3 is 8.80 Å². The van der Waals surface area contributed by atoms with E-state index in [9.17, 15) is 0 Å². The van der Waals surface area contributed by atoms with E-state index in [2.05, 4.69) is 41.5 Å². The second-order valence-corrected chi connectivity index (χ2v) is 13.6. The molecule has 0 aromatic carbocycles. The third-order valence-corrected chi connectivity index (χ3v) is 9.98. The lowest BCUT2D eigenvalue weighted by molar-refractivity contribution is -0.169. The predicted octanol–water partition coefficient (Wildman–Crippen LogP) is 5.88. The molecule has 0 aliphatic heterocycles. The highest BCUT2D eigenvalue weighted by Gasteiger charge is 2.40. The first-order valence-electron chi connectivity index (χ1n) is 12.7. The van der Waals surface area contributed by atoms with Gasteiger partial charge in [-0.15, -0.1) is 0 Å². The quantitative estimate of drug-likeness (QED) is 0.107. The molecule has 0 spiro atoms. The zero-order valence-electron chi connectivity index (χ0n) is 21.1. The number of ether oxygens (including phenoxy) is 2. The van der Waals surface area contributed by atoms with Gasteiger partial charge in [-0.3, -0.25) is 0 Å². The van der Waals surface area contributed by atoms with Gasteiger partial charge in [-0.05, 0) is 45.4 Å². The van der Waals surface area contributed by atoms with Crippen molar-refractivity contribution in [3.05, 3.63) is 0 Å². The molecule has 0 aromatic rings. The second-order valence-electron chi connectivity index (χ2n) is 8.33. The number of hydrogen-bond acceptors (Lipinski definition) is 5. The van der Waals surface area contributed by atoms with Crippen molar-refractivity contribution in [3.8, 4) is 0 Å². The van der Waals surface area contributed by atoms with Gasteiger partial charge in [0, 0.05) is 39.1 Å². The number of rotatable bonds is 23. The number of unbranched alkanes of at least 4 members (excludes halogenated alkanes) is 3. The van der Waals surface area contributed by atoms with Crippen molar-refractivity contribution >= 4 is 18.3 Å². The van der Waals surface area contributed by atoms with Crippen LogP contribution >= 0.6 is 0 Å². The van der Waals surface area contributed by atoms with Gasteiger partial charge in [-0.2, -0.15) is 0 Å². The predicted molar refractivity (Wildman–Crippen MR) is 132 cm³/mol. The summed E-state index contributed by atoms with van der Waals surface area (Å²) in [6.07, 6.45) is 9.97. The van der Waals surface area contributed by atoms with Crippen LogP contribution in [0.2, 0.25) is 12.1 Å². The van der Waals surface area contributed by atoms with Crippen molar-refractivity contribution in [2.24, 2.45) is 0 Å². The topological polar surface area (TPSA) is 46.2 Å². The Hall–Kier alpha value is 0.234. The molecule has 0 rings (SSSR count). The summed E-state index contributed by atoms with van der Waals surface area (Å²) in [5, 5.41) is 0. The van der Waals surface area contributed by atoms with Crippen LogP contribution in [0.5, 0.6) is 0 Å². The van der Waals surface area contributed by atoms with E-state index in [-0.39, 0.29) is 5.41 Å². The van der Waals surface area contributed by atoms with Crippen LogP contribution in [0.3, 0.4) is 0 Å². The fourth-order valence-corrected chi connectivity index (χ4v) is 7.99. The van der Waals surface area contributed by atoms with Gasteiger partial charge in [0.15, 0.2) is 0 Å². The Bertz CT molecular complexity index is 342. The van der Waals surface area contributed by atoms with E-state index in [1.54, 1.807) is 0 Å². The van der Waals surface area contributed by atoms with E-state index in [1.165, 1.54) is 25.3 Å². The van der Waals surface area contributed by atoms with Crippen molar-refractivity contribution in [1.82, 2.24) is 0 Å². The standard InChI is InChI=1S/C23H52O5Si2/c1-7-16-24-23(6,25-17-8-2)29-21-14-12-13-15-22-30(26-18-9-3,27-19-10-4)28-20-11-5/h7-22,29H2,1-6H3.